The predicted molar refractivity (Wildman–Crippen MR) is 54.4 cm³/mol. The van der Waals surface area contributed by atoms with Gasteiger partial charge in [0.15, 0.2) is 12.4 Å². The molecule has 0 fully saturated rings. The van der Waals surface area contributed by atoms with Crippen LogP contribution in [0.2, 0.25) is 0 Å². The Bertz CT molecular complexity index is 235. The molecule has 0 saturated heterocycles. The lowest BCUT2D eigenvalue weighted by atomic mass is 10.1. The summed E-state index contributed by atoms with van der Waals surface area (Å²) in [4.78, 5) is 0. The van der Waals surface area contributed by atoms with Gasteiger partial charge < -0.3 is 0 Å². The highest BCUT2D eigenvalue weighted by Gasteiger charge is 1.96. The molecular formula is C10H16NS+. The maximum Gasteiger partial charge on any atom is 0.171 e. The van der Waals surface area contributed by atoms with Crippen LogP contribution in [0, 0.1) is 0 Å². The topological polar surface area (TPSA) is 3.88 Å². The van der Waals surface area contributed by atoms with E-state index in [1.165, 1.54) is 24.8 Å². The molecule has 0 aromatic carbocycles. The van der Waals surface area contributed by atoms with E-state index in [1.54, 1.807) is 0 Å². The van der Waals surface area contributed by atoms with Gasteiger partial charge in [0, 0.05) is 11.6 Å². The fraction of sp³-hybridized carbons (Fsp3) is 0.500. The molecule has 12 heavy (non-hydrogen) atoms. The Morgan fingerprint density at radius 1 is 1.42 bits per heavy atom. The minimum Gasteiger partial charge on any atom is -0.208 e. The molecule has 2 heteroatoms. The van der Waals surface area contributed by atoms with Gasteiger partial charge in [-0.05, 0) is 31.1 Å². The summed E-state index contributed by atoms with van der Waals surface area (Å²) in [5.41, 5.74) is 1.42. The molecule has 0 spiro atoms. The molecule has 0 aliphatic rings. The maximum atomic E-state index is 4.18. The molecule has 0 radical (unpaired) electrons. The Hall–Kier alpha value is -0.500. The summed E-state index contributed by atoms with van der Waals surface area (Å²) in [7, 11) is 2.06. The number of nitrogens with zero attached hydrogens (tertiary/aromatic N) is 1. The van der Waals surface area contributed by atoms with E-state index in [0.29, 0.717) is 0 Å². The fourth-order valence-corrected chi connectivity index (χ4v) is 1.46. The number of rotatable bonds is 4. The van der Waals surface area contributed by atoms with E-state index in [9.17, 15) is 0 Å². The maximum absolute atomic E-state index is 4.18. The van der Waals surface area contributed by atoms with Crippen molar-refractivity contribution < 1.29 is 4.57 Å². The first-order chi connectivity index (χ1) is 5.83. The Kier molecular flexibility index (Phi) is 4.15. The first kappa shape index (κ1) is 9.59. The monoisotopic (exact) mass is 182 g/mol. The van der Waals surface area contributed by atoms with Gasteiger partial charge in [-0.25, -0.2) is 4.57 Å². The molecule has 1 heterocycles. The van der Waals surface area contributed by atoms with Crippen LogP contribution in [-0.2, 0) is 13.5 Å². The zero-order valence-electron chi connectivity index (χ0n) is 7.53. The van der Waals surface area contributed by atoms with Gasteiger partial charge in [-0.2, -0.15) is 12.6 Å². The highest BCUT2D eigenvalue weighted by molar-refractivity contribution is 7.80. The average Bonchev–Trinajstić information content (AvgIpc) is 2.05. The van der Waals surface area contributed by atoms with Gasteiger partial charge >= 0.3 is 0 Å². The number of pyridine rings is 1. The van der Waals surface area contributed by atoms with Gasteiger partial charge in [-0.1, -0.05) is 0 Å². The number of aromatic nitrogens is 1. The van der Waals surface area contributed by atoms with E-state index in [4.69, 9.17) is 0 Å². The Labute approximate surface area is 79.8 Å². The van der Waals surface area contributed by atoms with Gasteiger partial charge in [-0.15, -0.1) is 0 Å². The van der Waals surface area contributed by atoms with Crippen LogP contribution in [0.15, 0.2) is 24.5 Å². The molecule has 1 aromatic heterocycles. The lowest BCUT2D eigenvalue weighted by Crippen LogP contribution is -2.26. The molecule has 0 bridgehead atoms. The van der Waals surface area contributed by atoms with Crippen molar-refractivity contribution in [3.63, 3.8) is 0 Å². The van der Waals surface area contributed by atoms with Gasteiger partial charge in [0.05, 0.1) is 0 Å². The lowest BCUT2D eigenvalue weighted by Gasteiger charge is -1.97. The fourth-order valence-electron chi connectivity index (χ4n) is 1.24. The van der Waals surface area contributed by atoms with Crippen molar-refractivity contribution in [3.8, 4) is 0 Å². The average molecular weight is 182 g/mol. The van der Waals surface area contributed by atoms with E-state index >= 15 is 0 Å². The molecule has 1 nitrogen and oxygen atoms in total. The van der Waals surface area contributed by atoms with Crippen LogP contribution in [0.1, 0.15) is 18.4 Å². The van der Waals surface area contributed by atoms with Crippen LogP contribution < -0.4 is 4.57 Å². The van der Waals surface area contributed by atoms with Crippen molar-refractivity contribution in [1.29, 1.82) is 0 Å². The summed E-state index contributed by atoms with van der Waals surface area (Å²) in [5, 5.41) is 0. The molecule has 0 amide bonds. The van der Waals surface area contributed by atoms with Crippen molar-refractivity contribution in [3.05, 3.63) is 30.1 Å². The summed E-state index contributed by atoms with van der Waals surface area (Å²) in [6, 6.07) is 4.27. The third-order valence-corrected chi connectivity index (χ3v) is 2.19. The SMILES string of the molecule is C[n+]1cccc(CCCCS)c1. The molecule has 0 aliphatic heterocycles. The summed E-state index contributed by atoms with van der Waals surface area (Å²) < 4.78 is 2.09. The van der Waals surface area contributed by atoms with Gasteiger partial charge in [-0.3, -0.25) is 0 Å². The zero-order valence-corrected chi connectivity index (χ0v) is 8.43. The number of hydrogen-bond acceptors (Lipinski definition) is 1. The van der Waals surface area contributed by atoms with Crippen LogP contribution in [0.3, 0.4) is 0 Å². The van der Waals surface area contributed by atoms with E-state index in [1.807, 2.05) is 0 Å². The minimum atomic E-state index is 0.999. The van der Waals surface area contributed by atoms with Crippen LogP contribution in [0.25, 0.3) is 0 Å². The van der Waals surface area contributed by atoms with E-state index in [-0.39, 0.29) is 0 Å². The van der Waals surface area contributed by atoms with Crippen molar-refractivity contribution >= 4 is 12.6 Å². The standard InChI is InChI=1S/C10H15NS/c1-11-7-4-6-10(9-11)5-2-3-8-12/h4,6-7,9H,2-3,5,8H2,1H3/p+1. The first-order valence-electron chi connectivity index (χ1n) is 4.38. The number of unbranched alkanes of at least 4 members (excludes halogenated alkanes) is 1. The molecular weight excluding hydrogens is 166 g/mol. The summed E-state index contributed by atoms with van der Waals surface area (Å²) >= 11 is 4.18. The highest BCUT2D eigenvalue weighted by atomic mass is 32.1. The summed E-state index contributed by atoms with van der Waals surface area (Å²) in [6.45, 7) is 0. The highest BCUT2D eigenvalue weighted by Crippen LogP contribution is 2.02. The lowest BCUT2D eigenvalue weighted by molar-refractivity contribution is -0.671. The predicted octanol–water partition coefficient (Wildman–Crippen LogP) is 1.76. The second-order valence-electron chi connectivity index (χ2n) is 3.06. The van der Waals surface area contributed by atoms with Crippen LogP contribution in [0.4, 0.5) is 0 Å². The molecule has 0 unspecified atom stereocenters. The van der Waals surface area contributed by atoms with Crippen molar-refractivity contribution in [2.45, 2.75) is 19.3 Å². The summed E-state index contributed by atoms with van der Waals surface area (Å²) in [5.74, 6) is 0.999. The molecule has 1 aromatic rings. The van der Waals surface area contributed by atoms with Gasteiger partial charge in [0.1, 0.15) is 7.05 Å². The van der Waals surface area contributed by atoms with E-state index < -0.39 is 0 Å². The molecule has 1 rings (SSSR count). The number of aryl methyl sites for hydroxylation is 2. The molecule has 0 N–H and O–H groups in total. The van der Waals surface area contributed by atoms with Crippen LogP contribution in [-0.4, -0.2) is 5.75 Å². The third-order valence-electron chi connectivity index (χ3n) is 1.87. The second-order valence-corrected chi connectivity index (χ2v) is 3.51. The first-order valence-corrected chi connectivity index (χ1v) is 5.01. The second kappa shape index (κ2) is 5.20. The van der Waals surface area contributed by atoms with E-state index in [0.717, 1.165) is 5.75 Å². The van der Waals surface area contributed by atoms with Gasteiger partial charge in [0.2, 0.25) is 0 Å². The molecule has 0 saturated carbocycles. The van der Waals surface area contributed by atoms with Crippen LogP contribution >= 0.6 is 12.6 Å². The van der Waals surface area contributed by atoms with Crippen LogP contribution in [0.5, 0.6) is 0 Å². The quantitative estimate of drug-likeness (QED) is 0.411. The Balaban J connectivity index is 2.41. The minimum absolute atomic E-state index is 0.999. The van der Waals surface area contributed by atoms with Gasteiger partial charge in [0.25, 0.3) is 0 Å². The summed E-state index contributed by atoms with van der Waals surface area (Å²) in [6.07, 6.45) is 7.87. The molecule has 0 atom stereocenters. The largest absolute Gasteiger partial charge is 0.208 e. The smallest absolute Gasteiger partial charge is 0.171 e. The number of hydrogen-bond donors (Lipinski definition) is 1. The van der Waals surface area contributed by atoms with Crippen molar-refractivity contribution in [2.24, 2.45) is 7.05 Å². The zero-order chi connectivity index (χ0) is 8.81. The van der Waals surface area contributed by atoms with E-state index in [2.05, 4.69) is 48.8 Å². The third kappa shape index (κ3) is 3.26. The van der Waals surface area contributed by atoms with Crippen molar-refractivity contribution in [2.75, 3.05) is 5.75 Å². The Morgan fingerprint density at radius 2 is 2.25 bits per heavy atom. The molecule has 0 aliphatic carbocycles. The normalized spacial score (nSPS) is 10.2. The Morgan fingerprint density at radius 3 is 2.92 bits per heavy atom. The molecule has 66 valence electrons. The number of thiol groups is 1. The van der Waals surface area contributed by atoms with Crippen molar-refractivity contribution in [1.82, 2.24) is 0 Å².